The van der Waals surface area contributed by atoms with E-state index in [0.29, 0.717) is 0 Å². The predicted octanol–water partition coefficient (Wildman–Crippen LogP) is 3.50. The van der Waals surface area contributed by atoms with Gasteiger partial charge in [-0.3, -0.25) is 4.68 Å². The number of rotatable bonds is 5. The third kappa shape index (κ3) is 4.08. The van der Waals surface area contributed by atoms with Crippen molar-refractivity contribution in [2.45, 2.75) is 45.8 Å². The average molecular weight is 287 g/mol. The van der Waals surface area contributed by atoms with E-state index in [1.165, 1.54) is 11.1 Å². The molecule has 0 spiro atoms. The van der Waals surface area contributed by atoms with Gasteiger partial charge in [0.25, 0.3) is 0 Å². The van der Waals surface area contributed by atoms with Crippen molar-refractivity contribution >= 4 is 0 Å². The van der Waals surface area contributed by atoms with Crippen LogP contribution in [0.4, 0.5) is 0 Å². The molecule has 0 aliphatic rings. The second-order valence-corrected chi connectivity index (χ2v) is 6.34. The van der Waals surface area contributed by atoms with Crippen LogP contribution in [0.25, 0.3) is 0 Å². The molecule has 2 aromatic rings. The number of methoxy groups -OCH3 is 1. The van der Waals surface area contributed by atoms with Crippen molar-refractivity contribution in [2.75, 3.05) is 7.11 Å². The van der Waals surface area contributed by atoms with E-state index in [9.17, 15) is 0 Å². The Morgan fingerprint density at radius 2 is 2.10 bits per heavy atom. The molecule has 0 aliphatic carbocycles. The number of nitrogens with zero attached hydrogens (tertiary/aromatic N) is 2. The van der Waals surface area contributed by atoms with Crippen LogP contribution in [0.3, 0.4) is 0 Å². The number of hydrogen-bond donors (Lipinski definition) is 1. The smallest absolute Gasteiger partial charge is 0.119 e. The minimum Gasteiger partial charge on any atom is -0.497 e. The lowest BCUT2D eigenvalue weighted by Gasteiger charge is -2.19. The van der Waals surface area contributed by atoms with E-state index < -0.39 is 0 Å². The zero-order chi connectivity index (χ0) is 15.5. The molecule has 0 radical (unpaired) electrons. The Morgan fingerprint density at radius 1 is 1.33 bits per heavy atom. The normalized spacial score (nSPS) is 13.2. The fourth-order valence-corrected chi connectivity index (χ4v) is 2.12. The molecule has 0 unspecified atom stereocenters. The molecule has 0 amide bonds. The van der Waals surface area contributed by atoms with Crippen LogP contribution in [0.5, 0.6) is 5.75 Å². The van der Waals surface area contributed by atoms with Gasteiger partial charge < -0.3 is 10.1 Å². The minimum absolute atomic E-state index is 0.0245. The number of benzene rings is 1. The quantitative estimate of drug-likeness (QED) is 0.915. The van der Waals surface area contributed by atoms with Crippen molar-refractivity contribution in [1.82, 2.24) is 15.1 Å². The van der Waals surface area contributed by atoms with Gasteiger partial charge in [-0.25, -0.2) is 0 Å². The molecular weight excluding hydrogens is 262 g/mol. The summed E-state index contributed by atoms with van der Waals surface area (Å²) in [5.41, 5.74) is 2.44. The highest BCUT2D eigenvalue weighted by Crippen LogP contribution is 2.19. The second-order valence-electron chi connectivity index (χ2n) is 6.34. The summed E-state index contributed by atoms with van der Waals surface area (Å²) < 4.78 is 7.27. The maximum atomic E-state index is 5.27. The Hall–Kier alpha value is -1.81. The van der Waals surface area contributed by atoms with Gasteiger partial charge in [-0.1, -0.05) is 12.1 Å². The van der Waals surface area contributed by atoms with Crippen molar-refractivity contribution in [3.8, 4) is 5.75 Å². The molecule has 0 saturated carbocycles. The Balaban J connectivity index is 1.97. The molecule has 0 saturated heterocycles. The molecule has 0 bridgehead atoms. The van der Waals surface area contributed by atoms with Crippen LogP contribution in [0, 0.1) is 0 Å². The Bertz CT molecular complexity index is 584. The zero-order valence-corrected chi connectivity index (χ0v) is 13.6. The van der Waals surface area contributed by atoms with Crippen LogP contribution in [-0.2, 0) is 12.1 Å². The largest absolute Gasteiger partial charge is 0.497 e. The molecule has 4 heteroatoms. The Morgan fingerprint density at radius 3 is 2.71 bits per heavy atom. The van der Waals surface area contributed by atoms with E-state index in [-0.39, 0.29) is 11.6 Å². The van der Waals surface area contributed by atoms with Crippen molar-refractivity contribution in [2.24, 2.45) is 0 Å². The summed E-state index contributed by atoms with van der Waals surface area (Å²) in [4.78, 5) is 0. The molecule has 2 rings (SSSR count). The summed E-state index contributed by atoms with van der Waals surface area (Å²) in [5, 5.41) is 7.94. The molecule has 114 valence electrons. The van der Waals surface area contributed by atoms with E-state index >= 15 is 0 Å². The fraction of sp³-hybridized carbons (Fsp3) is 0.471. The molecule has 4 nitrogen and oxygen atoms in total. The first kappa shape index (κ1) is 15.6. The minimum atomic E-state index is 0.0245. The lowest BCUT2D eigenvalue weighted by Crippen LogP contribution is -2.22. The van der Waals surface area contributed by atoms with Gasteiger partial charge in [-0.15, -0.1) is 0 Å². The third-order valence-corrected chi connectivity index (χ3v) is 3.53. The van der Waals surface area contributed by atoms with Gasteiger partial charge in [0.2, 0.25) is 0 Å². The van der Waals surface area contributed by atoms with Crippen LogP contribution in [-0.4, -0.2) is 16.9 Å². The summed E-state index contributed by atoms with van der Waals surface area (Å²) in [7, 11) is 1.69. The molecule has 1 aromatic carbocycles. The van der Waals surface area contributed by atoms with Crippen molar-refractivity contribution in [1.29, 1.82) is 0 Å². The Labute approximate surface area is 127 Å². The van der Waals surface area contributed by atoms with Gasteiger partial charge in [0.05, 0.1) is 18.8 Å². The molecule has 1 atom stereocenters. The highest BCUT2D eigenvalue weighted by Gasteiger charge is 2.14. The fourth-order valence-electron chi connectivity index (χ4n) is 2.12. The maximum Gasteiger partial charge on any atom is 0.119 e. The van der Waals surface area contributed by atoms with Gasteiger partial charge in [-0.2, -0.15) is 5.10 Å². The lowest BCUT2D eigenvalue weighted by atomic mass is 10.1. The summed E-state index contributed by atoms with van der Waals surface area (Å²) in [6.45, 7) is 9.40. The Kier molecular flexibility index (Phi) is 4.68. The van der Waals surface area contributed by atoms with Crippen LogP contribution >= 0.6 is 0 Å². The van der Waals surface area contributed by atoms with Crippen LogP contribution < -0.4 is 10.1 Å². The third-order valence-electron chi connectivity index (χ3n) is 3.53. The van der Waals surface area contributed by atoms with Gasteiger partial charge in [0.15, 0.2) is 0 Å². The summed E-state index contributed by atoms with van der Waals surface area (Å²) in [6.07, 6.45) is 4.03. The van der Waals surface area contributed by atoms with E-state index in [0.717, 1.165) is 12.3 Å². The molecular formula is C17H25N3O. The second kappa shape index (κ2) is 6.31. The van der Waals surface area contributed by atoms with Crippen LogP contribution in [0.15, 0.2) is 36.7 Å². The first-order chi connectivity index (χ1) is 9.90. The molecule has 21 heavy (non-hydrogen) atoms. The highest BCUT2D eigenvalue weighted by molar-refractivity contribution is 5.30. The monoisotopic (exact) mass is 287 g/mol. The highest BCUT2D eigenvalue weighted by atomic mass is 16.5. The lowest BCUT2D eigenvalue weighted by molar-refractivity contribution is 0.355. The van der Waals surface area contributed by atoms with Gasteiger partial charge in [0.1, 0.15) is 5.75 Å². The molecule has 0 aliphatic heterocycles. The summed E-state index contributed by atoms with van der Waals surface area (Å²) in [5.74, 6) is 0.890. The topological polar surface area (TPSA) is 39.1 Å². The van der Waals surface area contributed by atoms with E-state index in [1.807, 2.05) is 23.0 Å². The van der Waals surface area contributed by atoms with Crippen molar-refractivity contribution in [3.05, 3.63) is 47.8 Å². The van der Waals surface area contributed by atoms with E-state index in [4.69, 9.17) is 4.74 Å². The van der Waals surface area contributed by atoms with E-state index in [2.05, 4.69) is 56.4 Å². The molecule has 1 heterocycles. The molecule has 0 fully saturated rings. The van der Waals surface area contributed by atoms with E-state index in [1.54, 1.807) is 7.11 Å². The van der Waals surface area contributed by atoms with Crippen molar-refractivity contribution < 1.29 is 4.74 Å². The standard InChI is InChI=1S/C17H25N3O/c1-13(15-7-6-8-16(9-15)21-5)18-10-14-11-19-20(12-14)17(2,3)4/h6-9,11-13,18H,10H2,1-5H3/t13-/m0/s1. The zero-order valence-electron chi connectivity index (χ0n) is 13.6. The predicted molar refractivity (Wildman–Crippen MR) is 85.5 cm³/mol. The van der Waals surface area contributed by atoms with Crippen molar-refractivity contribution in [3.63, 3.8) is 0 Å². The first-order valence-corrected chi connectivity index (χ1v) is 7.31. The summed E-state index contributed by atoms with van der Waals surface area (Å²) in [6, 6.07) is 8.42. The van der Waals surface area contributed by atoms with Gasteiger partial charge in [0, 0.05) is 24.3 Å². The molecule has 1 N–H and O–H groups in total. The number of nitrogens with one attached hydrogen (secondary N) is 1. The average Bonchev–Trinajstić information content (AvgIpc) is 2.94. The van der Waals surface area contributed by atoms with Crippen LogP contribution in [0.2, 0.25) is 0 Å². The number of hydrogen-bond acceptors (Lipinski definition) is 3. The van der Waals surface area contributed by atoms with Crippen LogP contribution in [0.1, 0.15) is 44.9 Å². The number of ether oxygens (including phenoxy) is 1. The SMILES string of the molecule is COc1cccc([C@H](C)NCc2cnn(C(C)(C)C)c2)c1. The van der Waals surface area contributed by atoms with Gasteiger partial charge >= 0.3 is 0 Å². The molecule has 1 aromatic heterocycles. The maximum absolute atomic E-state index is 5.27. The first-order valence-electron chi connectivity index (χ1n) is 7.31. The van der Waals surface area contributed by atoms with Gasteiger partial charge in [-0.05, 0) is 45.4 Å². The number of aromatic nitrogens is 2. The summed E-state index contributed by atoms with van der Waals surface area (Å²) >= 11 is 0.